The summed E-state index contributed by atoms with van der Waals surface area (Å²) >= 11 is 0. The Morgan fingerprint density at radius 2 is 2.31 bits per heavy atom. The first-order chi connectivity index (χ1) is 6.28. The summed E-state index contributed by atoms with van der Waals surface area (Å²) in [6.07, 6.45) is 6.48. The fourth-order valence-electron chi connectivity index (χ4n) is 2.73. The molecule has 2 fully saturated rings. The minimum atomic E-state index is -0.102. The largest absolute Gasteiger partial charge is 0.469 e. The molecule has 3 rings (SSSR count). The van der Waals surface area contributed by atoms with Crippen molar-refractivity contribution in [1.29, 1.82) is 0 Å². The van der Waals surface area contributed by atoms with Gasteiger partial charge >= 0.3 is 5.97 Å². The van der Waals surface area contributed by atoms with Crippen molar-refractivity contribution in [2.75, 3.05) is 7.11 Å². The van der Waals surface area contributed by atoms with Gasteiger partial charge in [-0.25, -0.2) is 0 Å². The van der Waals surface area contributed by atoms with Crippen LogP contribution < -0.4 is 0 Å². The summed E-state index contributed by atoms with van der Waals surface area (Å²) in [5.41, 5.74) is 0.118. The lowest BCUT2D eigenvalue weighted by Gasteiger charge is -2.21. The van der Waals surface area contributed by atoms with Crippen LogP contribution in [0, 0.1) is 11.3 Å². The average Bonchev–Trinajstić information content (AvgIpc) is 2.66. The third-order valence-corrected chi connectivity index (χ3v) is 3.58. The van der Waals surface area contributed by atoms with Crippen molar-refractivity contribution in [2.24, 2.45) is 11.3 Å². The monoisotopic (exact) mass is 180 g/mol. The summed E-state index contributed by atoms with van der Waals surface area (Å²) in [5, 5.41) is 0. The highest BCUT2D eigenvalue weighted by Crippen LogP contribution is 2.64. The van der Waals surface area contributed by atoms with Gasteiger partial charge in [0.2, 0.25) is 0 Å². The fourth-order valence-corrected chi connectivity index (χ4v) is 2.73. The van der Waals surface area contributed by atoms with E-state index in [9.17, 15) is 4.79 Å². The second-order valence-electron chi connectivity index (χ2n) is 4.14. The maximum Gasteiger partial charge on any atom is 0.312 e. The molecule has 0 radical (unpaired) electrons. The lowest BCUT2D eigenvalue weighted by atomic mass is 9.80. The molecule has 1 saturated heterocycles. The van der Waals surface area contributed by atoms with E-state index < -0.39 is 0 Å². The molecule has 0 unspecified atom stereocenters. The highest BCUT2D eigenvalue weighted by molar-refractivity contribution is 5.76. The lowest BCUT2D eigenvalue weighted by Crippen LogP contribution is -2.33. The van der Waals surface area contributed by atoms with Gasteiger partial charge in [0, 0.05) is 5.41 Å². The zero-order chi connectivity index (χ0) is 9.05. The number of esters is 1. The molecule has 0 aromatic carbocycles. The fraction of sp³-hybridized carbons (Fsp3) is 0.700. The first-order valence-corrected chi connectivity index (χ1v) is 4.69. The Kier molecular flexibility index (Phi) is 1.25. The number of ether oxygens (including phenoxy) is 2. The molecular weight excluding hydrogens is 168 g/mol. The second-order valence-corrected chi connectivity index (χ2v) is 4.14. The van der Waals surface area contributed by atoms with Crippen molar-refractivity contribution in [2.45, 2.75) is 25.0 Å². The molecule has 1 saturated carbocycles. The van der Waals surface area contributed by atoms with Gasteiger partial charge in [-0.3, -0.25) is 4.79 Å². The van der Waals surface area contributed by atoms with Crippen LogP contribution in [0.5, 0.6) is 0 Å². The molecule has 2 bridgehead atoms. The van der Waals surface area contributed by atoms with Crippen LogP contribution in [0.15, 0.2) is 12.2 Å². The third kappa shape index (κ3) is 0.759. The number of hydrogen-bond donors (Lipinski definition) is 0. The van der Waals surface area contributed by atoms with Gasteiger partial charge in [0.05, 0.1) is 25.2 Å². The highest BCUT2D eigenvalue weighted by Gasteiger charge is 2.67. The van der Waals surface area contributed by atoms with Gasteiger partial charge in [0.25, 0.3) is 0 Å². The van der Waals surface area contributed by atoms with Crippen molar-refractivity contribution in [3.8, 4) is 0 Å². The molecule has 3 atom stereocenters. The van der Waals surface area contributed by atoms with E-state index >= 15 is 0 Å². The molecular formula is C10H12O3. The van der Waals surface area contributed by atoms with Crippen LogP contribution in [0.4, 0.5) is 0 Å². The Morgan fingerprint density at radius 1 is 1.54 bits per heavy atom. The number of carbonyl (C=O) groups is 1. The molecule has 3 heteroatoms. The molecule has 3 nitrogen and oxygen atoms in total. The molecule has 0 aromatic rings. The van der Waals surface area contributed by atoms with Gasteiger partial charge in [-0.1, -0.05) is 12.2 Å². The second kappa shape index (κ2) is 2.15. The number of methoxy groups -OCH3 is 1. The molecule has 0 amide bonds. The van der Waals surface area contributed by atoms with Gasteiger partial charge in [0.1, 0.15) is 0 Å². The number of fused-ring (bicyclic) bond motifs is 3. The third-order valence-electron chi connectivity index (χ3n) is 3.58. The summed E-state index contributed by atoms with van der Waals surface area (Å²) < 4.78 is 10.5. The summed E-state index contributed by atoms with van der Waals surface area (Å²) in [7, 11) is 1.45. The van der Waals surface area contributed by atoms with Crippen LogP contribution in [0.2, 0.25) is 0 Å². The molecule has 2 heterocycles. The molecule has 0 aromatic heterocycles. The maximum absolute atomic E-state index is 11.5. The van der Waals surface area contributed by atoms with Gasteiger partial charge < -0.3 is 9.47 Å². The van der Waals surface area contributed by atoms with Crippen molar-refractivity contribution in [3.63, 3.8) is 0 Å². The Morgan fingerprint density at radius 3 is 2.92 bits per heavy atom. The predicted octanol–water partition coefficient (Wildman–Crippen LogP) is 0.893. The Balaban J connectivity index is 1.96. The van der Waals surface area contributed by atoms with Crippen LogP contribution in [-0.4, -0.2) is 25.3 Å². The summed E-state index contributed by atoms with van der Waals surface area (Å²) in [6.45, 7) is 0. The summed E-state index contributed by atoms with van der Waals surface area (Å²) in [6, 6.07) is 0. The van der Waals surface area contributed by atoms with Gasteiger partial charge in [0.15, 0.2) is 0 Å². The van der Waals surface area contributed by atoms with Crippen LogP contribution in [-0.2, 0) is 14.3 Å². The molecule has 70 valence electrons. The van der Waals surface area contributed by atoms with E-state index in [0.29, 0.717) is 0 Å². The Bertz CT molecular complexity index is 291. The van der Waals surface area contributed by atoms with Crippen molar-refractivity contribution in [3.05, 3.63) is 12.2 Å². The molecule has 13 heavy (non-hydrogen) atoms. The van der Waals surface area contributed by atoms with E-state index in [1.807, 2.05) is 6.08 Å². The maximum atomic E-state index is 11.5. The van der Waals surface area contributed by atoms with Gasteiger partial charge in [-0.15, -0.1) is 0 Å². The number of carbonyl (C=O) groups excluding carboxylic acids is 1. The van der Waals surface area contributed by atoms with E-state index in [1.54, 1.807) is 0 Å². The van der Waals surface area contributed by atoms with Crippen molar-refractivity contribution in [1.82, 2.24) is 0 Å². The van der Waals surface area contributed by atoms with Crippen LogP contribution in [0.25, 0.3) is 0 Å². The highest BCUT2D eigenvalue weighted by atomic mass is 16.5. The van der Waals surface area contributed by atoms with Gasteiger partial charge in [-0.2, -0.15) is 0 Å². The smallest absolute Gasteiger partial charge is 0.312 e. The quantitative estimate of drug-likeness (QED) is 0.444. The van der Waals surface area contributed by atoms with Crippen molar-refractivity contribution < 1.29 is 14.3 Å². The van der Waals surface area contributed by atoms with E-state index in [-0.39, 0.29) is 29.5 Å². The molecule has 1 spiro atoms. The minimum absolute atomic E-state index is 0.0139. The average molecular weight is 180 g/mol. The standard InChI is InChI=1S/C10H12O3/c1-12-9(11)8-6-2-3-7(13-6)10(8)4-5-10/h2-3,6-8H,4-5H2,1H3/t6-,7+,8-/m1/s1. The lowest BCUT2D eigenvalue weighted by molar-refractivity contribution is -0.148. The normalized spacial score (nSPS) is 42.7. The minimum Gasteiger partial charge on any atom is -0.469 e. The zero-order valence-electron chi connectivity index (χ0n) is 7.53. The topological polar surface area (TPSA) is 35.5 Å². The SMILES string of the molecule is COC(=O)[C@H]1[C@H]2C=C[C@H](O2)C12CC2. The van der Waals surface area contributed by atoms with Crippen LogP contribution >= 0.6 is 0 Å². The summed E-state index contributed by atoms with van der Waals surface area (Å²) in [5.74, 6) is -0.137. The molecule has 0 N–H and O–H groups in total. The first kappa shape index (κ1) is 7.56. The predicted molar refractivity (Wildman–Crippen MR) is 45.0 cm³/mol. The van der Waals surface area contributed by atoms with E-state index in [1.165, 1.54) is 7.11 Å². The molecule has 2 aliphatic heterocycles. The van der Waals surface area contributed by atoms with E-state index in [4.69, 9.17) is 9.47 Å². The molecule has 3 aliphatic rings. The van der Waals surface area contributed by atoms with E-state index in [2.05, 4.69) is 6.08 Å². The van der Waals surface area contributed by atoms with Gasteiger partial charge in [-0.05, 0) is 12.8 Å². The number of rotatable bonds is 1. The first-order valence-electron chi connectivity index (χ1n) is 4.69. The van der Waals surface area contributed by atoms with Crippen molar-refractivity contribution >= 4 is 5.97 Å². The Labute approximate surface area is 76.7 Å². The Hall–Kier alpha value is -0.830. The summed E-state index contributed by atoms with van der Waals surface area (Å²) in [4.78, 5) is 11.5. The van der Waals surface area contributed by atoms with Crippen LogP contribution in [0.3, 0.4) is 0 Å². The zero-order valence-corrected chi connectivity index (χ0v) is 7.53. The number of hydrogen-bond acceptors (Lipinski definition) is 3. The van der Waals surface area contributed by atoms with E-state index in [0.717, 1.165) is 12.8 Å². The van der Waals surface area contributed by atoms with Crippen LogP contribution in [0.1, 0.15) is 12.8 Å². The molecule has 1 aliphatic carbocycles.